The van der Waals surface area contributed by atoms with E-state index < -0.39 is 6.61 Å². The van der Waals surface area contributed by atoms with Crippen LogP contribution in [0.1, 0.15) is 39.3 Å². The van der Waals surface area contributed by atoms with Gasteiger partial charge in [0.15, 0.2) is 0 Å². The first-order valence-electron chi connectivity index (χ1n) is 7.33. The maximum absolute atomic E-state index is 12.5. The molecule has 5 heteroatoms. The third-order valence-electron chi connectivity index (χ3n) is 3.37. The molecule has 0 spiro atoms. The van der Waals surface area contributed by atoms with Crippen LogP contribution in [-0.2, 0) is 4.74 Å². The van der Waals surface area contributed by atoms with Crippen molar-refractivity contribution in [2.45, 2.75) is 46.4 Å². The van der Waals surface area contributed by atoms with E-state index in [1.807, 2.05) is 19.9 Å². The predicted octanol–water partition coefficient (Wildman–Crippen LogP) is 4.00. The number of nitrogens with one attached hydrogen (secondary N) is 1. The highest BCUT2D eigenvalue weighted by molar-refractivity contribution is 5.35. The van der Waals surface area contributed by atoms with Crippen LogP contribution in [0.2, 0.25) is 0 Å². The van der Waals surface area contributed by atoms with E-state index in [4.69, 9.17) is 4.74 Å². The Morgan fingerprint density at radius 3 is 2.38 bits per heavy atom. The lowest BCUT2D eigenvalue weighted by Gasteiger charge is -2.27. The molecule has 0 heterocycles. The molecule has 2 atom stereocenters. The molecule has 120 valence electrons. The third kappa shape index (κ3) is 5.98. The maximum atomic E-state index is 12.5. The molecule has 1 rings (SSSR count). The highest BCUT2D eigenvalue weighted by atomic mass is 19.3. The number of ether oxygens (including phenoxy) is 2. The molecule has 21 heavy (non-hydrogen) atoms. The highest BCUT2D eigenvalue weighted by Gasteiger charge is 2.20. The second-order valence-corrected chi connectivity index (χ2v) is 5.31. The summed E-state index contributed by atoms with van der Waals surface area (Å²) in [6.07, 6.45) is 0. The van der Waals surface area contributed by atoms with E-state index in [9.17, 15) is 8.78 Å². The number of alkyl halides is 2. The van der Waals surface area contributed by atoms with Gasteiger partial charge in [-0.15, -0.1) is 0 Å². The normalized spacial score (nSPS) is 14.5. The van der Waals surface area contributed by atoms with Gasteiger partial charge in [-0.05, 0) is 25.8 Å². The van der Waals surface area contributed by atoms with E-state index in [-0.39, 0.29) is 17.8 Å². The second-order valence-electron chi connectivity index (χ2n) is 5.31. The monoisotopic (exact) mass is 301 g/mol. The van der Waals surface area contributed by atoms with Gasteiger partial charge in [-0.25, -0.2) is 0 Å². The van der Waals surface area contributed by atoms with Crippen LogP contribution in [0, 0.1) is 5.92 Å². The molecule has 0 aliphatic rings. The van der Waals surface area contributed by atoms with Crippen LogP contribution in [-0.4, -0.2) is 25.9 Å². The van der Waals surface area contributed by atoms with Gasteiger partial charge in [0, 0.05) is 24.3 Å². The highest BCUT2D eigenvalue weighted by Crippen LogP contribution is 2.27. The van der Waals surface area contributed by atoms with Gasteiger partial charge >= 0.3 is 6.61 Å². The van der Waals surface area contributed by atoms with E-state index >= 15 is 0 Å². The summed E-state index contributed by atoms with van der Waals surface area (Å²) in [5.41, 5.74) is 0.722. The molecule has 0 aromatic heterocycles. The molecule has 1 aromatic carbocycles. The fraction of sp³-hybridized carbons (Fsp3) is 0.625. The van der Waals surface area contributed by atoms with Crippen molar-refractivity contribution in [1.29, 1.82) is 0 Å². The Morgan fingerprint density at radius 1 is 1.14 bits per heavy atom. The Balaban J connectivity index is 2.79. The van der Waals surface area contributed by atoms with E-state index in [1.54, 1.807) is 18.2 Å². The van der Waals surface area contributed by atoms with Gasteiger partial charge in [0.25, 0.3) is 0 Å². The molecule has 0 bridgehead atoms. The lowest BCUT2D eigenvalue weighted by molar-refractivity contribution is -0.0507. The van der Waals surface area contributed by atoms with Crippen molar-refractivity contribution in [1.82, 2.24) is 5.32 Å². The van der Waals surface area contributed by atoms with E-state index in [2.05, 4.69) is 23.9 Å². The zero-order valence-electron chi connectivity index (χ0n) is 13.1. The summed E-state index contributed by atoms with van der Waals surface area (Å²) in [7, 11) is 0. The first-order chi connectivity index (χ1) is 9.95. The van der Waals surface area contributed by atoms with Crippen LogP contribution < -0.4 is 10.1 Å². The zero-order valence-corrected chi connectivity index (χ0v) is 13.1. The lowest BCUT2D eigenvalue weighted by atomic mass is 10.0. The Labute approximate surface area is 125 Å². The van der Waals surface area contributed by atoms with Gasteiger partial charge in [-0.3, -0.25) is 0 Å². The molecule has 1 N–H and O–H groups in total. The van der Waals surface area contributed by atoms with Crippen LogP contribution in [0.15, 0.2) is 24.3 Å². The SMILES string of the molecule is CCOCC(NC(C)c1ccccc1OC(F)F)C(C)C. The molecule has 0 saturated carbocycles. The average molecular weight is 301 g/mol. The molecule has 0 aliphatic heterocycles. The first-order valence-corrected chi connectivity index (χ1v) is 7.33. The third-order valence-corrected chi connectivity index (χ3v) is 3.37. The van der Waals surface area contributed by atoms with Gasteiger partial charge in [0.2, 0.25) is 0 Å². The Bertz CT molecular complexity index is 413. The molecule has 2 unspecified atom stereocenters. The van der Waals surface area contributed by atoms with Gasteiger partial charge in [-0.2, -0.15) is 8.78 Å². The van der Waals surface area contributed by atoms with Gasteiger partial charge in [0.05, 0.1) is 6.61 Å². The molecular weight excluding hydrogens is 276 g/mol. The van der Waals surface area contributed by atoms with Crippen LogP contribution >= 0.6 is 0 Å². The lowest BCUT2D eigenvalue weighted by Crippen LogP contribution is -2.39. The zero-order chi connectivity index (χ0) is 15.8. The summed E-state index contributed by atoms with van der Waals surface area (Å²) in [5, 5.41) is 3.43. The smallest absolute Gasteiger partial charge is 0.387 e. The minimum Gasteiger partial charge on any atom is -0.434 e. The molecule has 0 saturated heterocycles. The molecule has 0 radical (unpaired) electrons. The quantitative estimate of drug-likeness (QED) is 0.748. The van der Waals surface area contributed by atoms with E-state index in [1.165, 1.54) is 0 Å². The molecule has 0 fully saturated rings. The predicted molar refractivity (Wildman–Crippen MR) is 79.7 cm³/mol. The summed E-state index contributed by atoms with van der Waals surface area (Å²) in [4.78, 5) is 0. The Kier molecular flexibility index (Phi) is 7.61. The van der Waals surface area contributed by atoms with Crippen molar-refractivity contribution in [3.05, 3.63) is 29.8 Å². The molecule has 1 aromatic rings. The average Bonchev–Trinajstić information content (AvgIpc) is 2.42. The summed E-state index contributed by atoms with van der Waals surface area (Å²) < 4.78 is 35.0. The Morgan fingerprint density at radius 2 is 1.81 bits per heavy atom. The summed E-state index contributed by atoms with van der Waals surface area (Å²) in [6.45, 7) is 6.53. The summed E-state index contributed by atoms with van der Waals surface area (Å²) in [5.74, 6) is 0.591. The number of benzene rings is 1. The summed E-state index contributed by atoms with van der Waals surface area (Å²) in [6, 6.07) is 6.92. The Hall–Kier alpha value is -1.20. The minimum absolute atomic E-state index is 0.104. The molecule has 0 aliphatic carbocycles. The van der Waals surface area contributed by atoms with E-state index in [0.29, 0.717) is 19.1 Å². The van der Waals surface area contributed by atoms with Crippen molar-refractivity contribution in [3.8, 4) is 5.75 Å². The molecule has 0 amide bonds. The van der Waals surface area contributed by atoms with Crippen LogP contribution in [0.4, 0.5) is 8.78 Å². The fourth-order valence-electron chi connectivity index (χ4n) is 2.13. The first kappa shape index (κ1) is 17.9. The number of rotatable bonds is 9. The standard InChI is InChI=1S/C16H25F2NO2/c1-5-20-10-14(11(2)3)19-12(4)13-8-6-7-9-15(13)21-16(17)18/h6-9,11-12,14,16,19H,5,10H2,1-4H3. The van der Waals surface area contributed by atoms with Crippen LogP contribution in [0.3, 0.4) is 0 Å². The van der Waals surface area contributed by atoms with Crippen LogP contribution in [0.5, 0.6) is 5.75 Å². The molecule has 3 nitrogen and oxygen atoms in total. The number of para-hydroxylation sites is 1. The van der Waals surface area contributed by atoms with Crippen molar-refractivity contribution >= 4 is 0 Å². The largest absolute Gasteiger partial charge is 0.434 e. The molecular formula is C16H25F2NO2. The van der Waals surface area contributed by atoms with Gasteiger partial charge in [-0.1, -0.05) is 32.0 Å². The van der Waals surface area contributed by atoms with Gasteiger partial charge in [0.1, 0.15) is 5.75 Å². The minimum atomic E-state index is -2.82. The fourth-order valence-corrected chi connectivity index (χ4v) is 2.13. The van der Waals surface area contributed by atoms with Crippen molar-refractivity contribution < 1.29 is 18.3 Å². The number of halogens is 2. The topological polar surface area (TPSA) is 30.5 Å². The maximum Gasteiger partial charge on any atom is 0.387 e. The number of hydrogen-bond acceptors (Lipinski definition) is 3. The van der Waals surface area contributed by atoms with E-state index in [0.717, 1.165) is 5.56 Å². The van der Waals surface area contributed by atoms with Gasteiger partial charge < -0.3 is 14.8 Å². The van der Waals surface area contributed by atoms with Crippen LogP contribution in [0.25, 0.3) is 0 Å². The number of hydrogen-bond donors (Lipinski definition) is 1. The summed E-state index contributed by atoms with van der Waals surface area (Å²) >= 11 is 0. The second kappa shape index (κ2) is 8.95. The van der Waals surface area contributed by atoms with Crippen molar-refractivity contribution in [2.75, 3.05) is 13.2 Å². The van der Waals surface area contributed by atoms with Crippen molar-refractivity contribution in [2.24, 2.45) is 5.92 Å². The van der Waals surface area contributed by atoms with Crippen molar-refractivity contribution in [3.63, 3.8) is 0 Å².